The lowest BCUT2D eigenvalue weighted by molar-refractivity contribution is -0.384. The molecular formula is C9H8N4O4. The monoisotopic (exact) mass is 236 g/mol. The largest absolute Gasteiger partial charge is 0.462 e. The standard InChI is InChI=1S/C9H8N4O4/c1-2-17-9(14)6-3-7(11-12-10)5-8(4-6)13(15)16/h3-5H,2H2,1H3. The predicted octanol–water partition coefficient (Wildman–Crippen LogP) is 2.71. The highest BCUT2D eigenvalue weighted by Gasteiger charge is 2.14. The van der Waals surface area contributed by atoms with Crippen LogP contribution in [-0.4, -0.2) is 17.5 Å². The summed E-state index contributed by atoms with van der Waals surface area (Å²) in [5, 5.41) is 13.8. The minimum Gasteiger partial charge on any atom is -0.462 e. The predicted molar refractivity (Wildman–Crippen MR) is 57.9 cm³/mol. The lowest BCUT2D eigenvalue weighted by atomic mass is 10.2. The van der Waals surface area contributed by atoms with Gasteiger partial charge in [0.05, 0.1) is 17.1 Å². The van der Waals surface area contributed by atoms with E-state index in [9.17, 15) is 14.9 Å². The van der Waals surface area contributed by atoms with Crippen LogP contribution in [0.2, 0.25) is 0 Å². The van der Waals surface area contributed by atoms with Crippen molar-refractivity contribution >= 4 is 17.3 Å². The Bertz CT molecular complexity index is 487. The van der Waals surface area contributed by atoms with Crippen molar-refractivity contribution in [2.45, 2.75) is 6.92 Å². The maximum Gasteiger partial charge on any atom is 0.338 e. The summed E-state index contributed by atoms with van der Waals surface area (Å²) >= 11 is 0. The van der Waals surface area contributed by atoms with Gasteiger partial charge in [-0.3, -0.25) is 10.1 Å². The number of ether oxygens (including phenoxy) is 1. The summed E-state index contributed by atoms with van der Waals surface area (Å²) in [7, 11) is 0. The molecule has 1 aromatic rings. The number of nitro groups is 1. The van der Waals surface area contributed by atoms with Crippen LogP contribution >= 0.6 is 0 Å². The van der Waals surface area contributed by atoms with E-state index in [0.29, 0.717) is 0 Å². The number of nitrogens with zero attached hydrogens (tertiary/aromatic N) is 4. The second-order valence-electron chi connectivity index (χ2n) is 2.91. The number of carbonyl (C=O) groups is 1. The summed E-state index contributed by atoms with van der Waals surface area (Å²) in [6.07, 6.45) is 0. The van der Waals surface area contributed by atoms with Crippen molar-refractivity contribution in [3.8, 4) is 0 Å². The number of hydrogen-bond donors (Lipinski definition) is 0. The number of nitro benzene ring substituents is 1. The summed E-state index contributed by atoms with van der Waals surface area (Å²) < 4.78 is 4.70. The Morgan fingerprint density at radius 3 is 2.82 bits per heavy atom. The van der Waals surface area contributed by atoms with Gasteiger partial charge in [-0.25, -0.2) is 4.79 Å². The van der Waals surface area contributed by atoms with Crippen LogP contribution in [0.3, 0.4) is 0 Å². The van der Waals surface area contributed by atoms with Crippen LogP contribution in [-0.2, 0) is 4.74 Å². The average molecular weight is 236 g/mol. The van der Waals surface area contributed by atoms with E-state index in [1.165, 1.54) is 6.07 Å². The van der Waals surface area contributed by atoms with Crippen LogP contribution in [0.25, 0.3) is 10.4 Å². The van der Waals surface area contributed by atoms with Crippen LogP contribution in [0.15, 0.2) is 23.3 Å². The number of carbonyl (C=O) groups excluding carboxylic acids is 1. The van der Waals surface area contributed by atoms with Gasteiger partial charge in [-0.2, -0.15) is 0 Å². The highest BCUT2D eigenvalue weighted by Crippen LogP contribution is 2.23. The highest BCUT2D eigenvalue weighted by molar-refractivity contribution is 5.91. The number of hydrogen-bond acceptors (Lipinski definition) is 5. The molecule has 0 heterocycles. The van der Waals surface area contributed by atoms with Crippen molar-refractivity contribution in [2.24, 2.45) is 5.11 Å². The third-order valence-corrected chi connectivity index (χ3v) is 1.78. The Hall–Kier alpha value is -2.60. The van der Waals surface area contributed by atoms with Gasteiger partial charge in [0.1, 0.15) is 0 Å². The third kappa shape index (κ3) is 3.18. The van der Waals surface area contributed by atoms with Crippen molar-refractivity contribution in [2.75, 3.05) is 6.61 Å². The van der Waals surface area contributed by atoms with Crippen molar-refractivity contribution in [1.82, 2.24) is 0 Å². The Balaban J connectivity index is 3.25. The first-order chi connectivity index (χ1) is 8.08. The van der Waals surface area contributed by atoms with Gasteiger partial charge in [0.25, 0.3) is 5.69 Å². The molecule has 17 heavy (non-hydrogen) atoms. The molecule has 8 nitrogen and oxygen atoms in total. The van der Waals surface area contributed by atoms with Gasteiger partial charge < -0.3 is 4.74 Å². The van der Waals surface area contributed by atoms with E-state index in [0.717, 1.165) is 12.1 Å². The quantitative estimate of drug-likeness (QED) is 0.199. The van der Waals surface area contributed by atoms with E-state index in [1.54, 1.807) is 6.92 Å². The van der Waals surface area contributed by atoms with Crippen LogP contribution in [0.1, 0.15) is 17.3 Å². The van der Waals surface area contributed by atoms with E-state index >= 15 is 0 Å². The lowest BCUT2D eigenvalue weighted by Gasteiger charge is -2.02. The topological polar surface area (TPSA) is 118 Å². The number of azide groups is 1. The first-order valence-corrected chi connectivity index (χ1v) is 4.60. The molecule has 1 aromatic carbocycles. The Morgan fingerprint density at radius 1 is 1.59 bits per heavy atom. The van der Waals surface area contributed by atoms with Crippen molar-refractivity contribution in [3.05, 3.63) is 44.3 Å². The van der Waals surface area contributed by atoms with Gasteiger partial charge in [-0.05, 0) is 18.5 Å². The van der Waals surface area contributed by atoms with Crippen molar-refractivity contribution in [1.29, 1.82) is 0 Å². The summed E-state index contributed by atoms with van der Waals surface area (Å²) in [6, 6.07) is 3.36. The smallest absolute Gasteiger partial charge is 0.338 e. The van der Waals surface area contributed by atoms with Crippen LogP contribution in [0, 0.1) is 10.1 Å². The second kappa shape index (κ2) is 5.47. The normalized spacial score (nSPS) is 9.24. The van der Waals surface area contributed by atoms with Crippen molar-refractivity contribution < 1.29 is 14.5 Å². The summed E-state index contributed by atoms with van der Waals surface area (Å²) in [5.74, 6) is -0.703. The van der Waals surface area contributed by atoms with Gasteiger partial charge in [0.2, 0.25) is 0 Å². The van der Waals surface area contributed by atoms with Gasteiger partial charge in [0.15, 0.2) is 0 Å². The molecule has 0 aliphatic carbocycles. The van der Waals surface area contributed by atoms with Crippen LogP contribution < -0.4 is 0 Å². The van der Waals surface area contributed by atoms with Gasteiger partial charge in [0, 0.05) is 22.7 Å². The van der Waals surface area contributed by atoms with Crippen LogP contribution in [0.5, 0.6) is 0 Å². The molecule has 0 aliphatic rings. The molecule has 0 atom stereocenters. The fraction of sp³-hybridized carbons (Fsp3) is 0.222. The lowest BCUT2D eigenvalue weighted by Crippen LogP contribution is -2.05. The molecule has 0 aliphatic heterocycles. The summed E-state index contributed by atoms with van der Waals surface area (Å²) in [5.41, 5.74) is 7.89. The number of esters is 1. The third-order valence-electron chi connectivity index (χ3n) is 1.78. The Kier molecular flexibility index (Phi) is 4.02. The first kappa shape index (κ1) is 12.5. The average Bonchev–Trinajstić information content (AvgIpc) is 2.29. The number of non-ortho nitro benzene ring substituents is 1. The minimum absolute atomic E-state index is 0.00949. The molecule has 8 heteroatoms. The van der Waals surface area contributed by atoms with E-state index in [1.807, 2.05) is 0 Å². The molecule has 0 amide bonds. The van der Waals surface area contributed by atoms with Crippen LogP contribution in [0.4, 0.5) is 11.4 Å². The van der Waals surface area contributed by atoms with E-state index in [-0.39, 0.29) is 23.5 Å². The molecule has 0 spiro atoms. The fourth-order valence-electron chi connectivity index (χ4n) is 1.14. The molecule has 0 saturated carbocycles. The molecule has 1 rings (SSSR count). The molecule has 88 valence electrons. The fourth-order valence-corrected chi connectivity index (χ4v) is 1.14. The van der Waals surface area contributed by atoms with Crippen molar-refractivity contribution in [3.63, 3.8) is 0 Å². The SMILES string of the molecule is CCOC(=O)c1cc(N=[N+]=[N-])cc([N+](=O)[O-])c1. The molecule has 0 unspecified atom stereocenters. The molecule has 0 saturated heterocycles. The molecule has 0 radical (unpaired) electrons. The minimum atomic E-state index is -0.703. The molecule has 0 N–H and O–H groups in total. The highest BCUT2D eigenvalue weighted by atomic mass is 16.6. The summed E-state index contributed by atoms with van der Waals surface area (Å²) in [6.45, 7) is 1.77. The van der Waals surface area contributed by atoms with E-state index in [4.69, 9.17) is 10.3 Å². The van der Waals surface area contributed by atoms with Gasteiger partial charge >= 0.3 is 5.97 Å². The zero-order valence-electron chi connectivity index (χ0n) is 8.86. The molecule has 0 bridgehead atoms. The van der Waals surface area contributed by atoms with E-state index < -0.39 is 10.9 Å². The zero-order chi connectivity index (χ0) is 12.8. The second-order valence-corrected chi connectivity index (χ2v) is 2.91. The van der Waals surface area contributed by atoms with E-state index in [2.05, 4.69) is 10.0 Å². The molecule has 0 fully saturated rings. The molecule has 0 aromatic heterocycles. The summed E-state index contributed by atoms with van der Waals surface area (Å²) in [4.78, 5) is 23.8. The van der Waals surface area contributed by atoms with Gasteiger partial charge in [-0.15, -0.1) is 0 Å². The van der Waals surface area contributed by atoms with Gasteiger partial charge in [-0.1, -0.05) is 5.11 Å². The molecular weight excluding hydrogens is 228 g/mol. The maximum atomic E-state index is 11.4. The maximum absolute atomic E-state index is 11.4. The number of rotatable bonds is 4. The number of benzene rings is 1. The first-order valence-electron chi connectivity index (χ1n) is 4.60. The Morgan fingerprint density at radius 2 is 2.29 bits per heavy atom. The Labute approximate surface area is 95.6 Å². The zero-order valence-corrected chi connectivity index (χ0v) is 8.86.